The van der Waals surface area contributed by atoms with E-state index in [0.717, 1.165) is 0 Å². The standard InChI is InChI=1S/C49H66N2O15/c1-30(2)38(52)20-21-48(23-60-39(53)31(3)4,24-61-40(54)32(5)6)25-65-44(58)50-46(13,14)36-18-17-19-37(22-36)47(15,16)51-45(59)66-29-49(26-62-41(55)33(7)8,27-63-42(56)34(9)10)28-64-43(57)35(11)12/h17-19,22H,1,3,5,7,9,11,20-21,23-29H2,2,4,6,8,10,12-16H3,(H,50,58)(H,51,59). The molecule has 0 aliphatic carbocycles. The molecular weight excluding hydrogens is 857 g/mol. The van der Waals surface area contributed by atoms with Crippen LogP contribution < -0.4 is 10.6 Å². The molecule has 1 rings (SSSR count). The zero-order valence-corrected chi connectivity index (χ0v) is 40.0. The number of benzene rings is 1. The lowest BCUT2D eigenvalue weighted by atomic mass is 9.84. The van der Waals surface area contributed by atoms with Crippen LogP contribution in [0, 0.1) is 10.8 Å². The van der Waals surface area contributed by atoms with Crippen LogP contribution in [0.2, 0.25) is 0 Å². The summed E-state index contributed by atoms with van der Waals surface area (Å²) in [6, 6.07) is 6.90. The highest BCUT2D eigenvalue weighted by Gasteiger charge is 2.40. The highest BCUT2D eigenvalue weighted by atomic mass is 16.6. The number of Topliss-reactive ketones (excluding diaryl/α,β-unsaturated/α-hetero) is 1. The summed E-state index contributed by atoms with van der Waals surface area (Å²) in [6.45, 7) is 33.6. The number of nitrogens with one attached hydrogen (secondary N) is 2. The molecule has 0 radical (unpaired) electrons. The third-order valence-electron chi connectivity index (χ3n) is 9.80. The molecule has 0 saturated heterocycles. The lowest BCUT2D eigenvalue weighted by Gasteiger charge is -2.34. The third-order valence-corrected chi connectivity index (χ3v) is 9.80. The Morgan fingerprint density at radius 1 is 0.439 bits per heavy atom. The molecule has 0 bridgehead atoms. The molecule has 0 aromatic heterocycles. The first-order chi connectivity index (χ1) is 30.4. The minimum atomic E-state index is -1.58. The fourth-order valence-corrected chi connectivity index (χ4v) is 5.35. The molecule has 66 heavy (non-hydrogen) atoms. The first-order valence-electron chi connectivity index (χ1n) is 20.7. The quantitative estimate of drug-likeness (QED) is 0.0510. The van der Waals surface area contributed by atoms with Gasteiger partial charge in [0.25, 0.3) is 0 Å². The first-order valence-corrected chi connectivity index (χ1v) is 20.7. The second-order valence-electron chi connectivity index (χ2n) is 17.7. The predicted octanol–water partition coefficient (Wildman–Crippen LogP) is 7.10. The SMILES string of the molecule is C=C(C)C(=O)CCC(COC(=O)NC(C)(C)c1cccc(C(C)(C)NC(=O)OCC(COC(=O)C(=C)C)(COC(=O)C(=C)C)COC(=O)C(=C)C)c1)(COC(=O)C(=C)C)COC(=O)C(=C)C. The molecule has 2 amide bonds. The molecule has 17 heteroatoms. The summed E-state index contributed by atoms with van der Waals surface area (Å²) in [5.41, 5.74) is -3.44. The third kappa shape index (κ3) is 19.1. The second-order valence-corrected chi connectivity index (χ2v) is 17.7. The fraction of sp³-hybridized carbons (Fsp3) is 0.469. The van der Waals surface area contributed by atoms with Gasteiger partial charge in [-0.25, -0.2) is 33.6 Å². The van der Waals surface area contributed by atoms with Gasteiger partial charge in [-0.2, -0.15) is 0 Å². The summed E-state index contributed by atoms with van der Waals surface area (Å²) in [4.78, 5) is 102. The Morgan fingerprint density at radius 2 is 0.712 bits per heavy atom. The lowest BCUT2D eigenvalue weighted by molar-refractivity contribution is -0.161. The Balaban J connectivity index is 3.40. The summed E-state index contributed by atoms with van der Waals surface area (Å²) >= 11 is 0. The smallest absolute Gasteiger partial charge is 0.407 e. The van der Waals surface area contributed by atoms with Crippen LogP contribution in [-0.2, 0) is 73.0 Å². The van der Waals surface area contributed by atoms with Crippen LogP contribution in [0.25, 0.3) is 0 Å². The van der Waals surface area contributed by atoms with Crippen LogP contribution in [0.15, 0.2) is 97.2 Å². The zero-order chi connectivity index (χ0) is 50.8. The molecule has 0 aliphatic heterocycles. The average molecular weight is 923 g/mol. The second kappa shape index (κ2) is 25.1. The van der Waals surface area contributed by atoms with Gasteiger partial charge in [0.15, 0.2) is 5.78 Å². The topological polar surface area (TPSA) is 225 Å². The van der Waals surface area contributed by atoms with Crippen molar-refractivity contribution in [2.75, 3.05) is 46.2 Å². The van der Waals surface area contributed by atoms with Crippen LogP contribution in [-0.4, -0.2) is 94.1 Å². The number of hydrogen-bond donors (Lipinski definition) is 2. The van der Waals surface area contributed by atoms with Gasteiger partial charge in [-0.15, -0.1) is 0 Å². The molecule has 2 N–H and O–H groups in total. The predicted molar refractivity (Wildman–Crippen MR) is 244 cm³/mol. The Bertz CT molecular complexity index is 1820. The van der Waals surface area contributed by atoms with E-state index < -0.39 is 110 Å². The molecule has 0 spiro atoms. The van der Waals surface area contributed by atoms with Crippen molar-refractivity contribution in [1.82, 2.24) is 10.6 Å². The van der Waals surface area contributed by atoms with Gasteiger partial charge in [0.2, 0.25) is 0 Å². The Morgan fingerprint density at radius 3 is 1.00 bits per heavy atom. The van der Waals surface area contributed by atoms with E-state index in [2.05, 4.69) is 50.1 Å². The first kappa shape index (κ1) is 57.2. The van der Waals surface area contributed by atoms with E-state index in [1.165, 1.54) is 41.5 Å². The highest BCUT2D eigenvalue weighted by molar-refractivity contribution is 5.94. The number of ketones is 1. The maximum absolute atomic E-state index is 13.5. The van der Waals surface area contributed by atoms with Gasteiger partial charge in [0.05, 0.1) is 16.5 Å². The van der Waals surface area contributed by atoms with E-state index in [0.29, 0.717) is 11.1 Å². The average Bonchev–Trinajstić information content (AvgIpc) is 3.23. The van der Waals surface area contributed by atoms with Gasteiger partial charge in [-0.3, -0.25) is 4.79 Å². The van der Waals surface area contributed by atoms with E-state index >= 15 is 0 Å². The Hall–Kier alpha value is -6.78. The van der Waals surface area contributed by atoms with Crippen molar-refractivity contribution < 1.29 is 71.5 Å². The molecule has 1 aromatic carbocycles. The molecule has 0 unspecified atom stereocenters. The molecule has 0 heterocycles. The Labute approximate surface area is 387 Å². The number of ether oxygens (including phenoxy) is 7. The van der Waals surface area contributed by atoms with Crippen LogP contribution in [0.5, 0.6) is 0 Å². The van der Waals surface area contributed by atoms with E-state index in [1.54, 1.807) is 52.0 Å². The summed E-state index contributed by atoms with van der Waals surface area (Å²) in [5, 5.41) is 5.59. The molecule has 0 fully saturated rings. The van der Waals surface area contributed by atoms with Crippen molar-refractivity contribution in [1.29, 1.82) is 0 Å². The van der Waals surface area contributed by atoms with Gasteiger partial charge in [0.1, 0.15) is 51.7 Å². The monoisotopic (exact) mass is 922 g/mol. The van der Waals surface area contributed by atoms with Gasteiger partial charge in [-0.05, 0) is 92.4 Å². The highest BCUT2D eigenvalue weighted by Crippen LogP contribution is 2.31. The number of allylic oxidation sites excluding steroid dienone is 1. The Kier molecular flexibility index (Phi) is 21.7. The molecule has 1 aromatic rings. The van der Waals surface area contributed by atoms with Crippen molar-refractivity contribution in [2.24, 2.45) is 10.8 Å². The van der Waals surface area contributed by atoms with Gasteiger partial charge in [0, 0.05) is 34.3 Å². The zero-order valence-electron chi connectivity index (χ0n) is 40.0. The molecule has 0 atom stereocenters. The number of alkyl carbamates (subject to hydrolysis) is 2. The van der Waals surface area contributed by atoms with E-state index in [9.17, 15) is 38.4 Å². The summed E-state index contributed by atoms with van der Waals surface area (Å²) in [5.74, 6) is -4.17. The van der Waals surface area contributed by atoms with E-state index in [1.807, 2.05) is 0 Å². The van der Waals surface area contributed by atoms with Crippen molar-refractivity contribution in [3.8, 4) is 0 Å². The molecular formula is C49H66N2O15. The number of hydrogen-bond acceptors (Lipinski definition) is 15. The summed E-state index contributed by atoms with van der Waals surface area (Å²) in [7, 11) is 0. The number of esters is 5. The van der Waals surface area contributed by atoms with E-state index in [-0.39, 0.29) is 52.1 Å². The van der Waals surface area contributed by atoms with Crippen molar-refractivity contribution in [2.45, 2.75) is 93.2 Å². The minimum absolute atomic E-state index is 0.0246. The molecule has 0 saturated carbocycles. The molecule has 0 aliphatic rings. The number of amides is 2. The number of carbonyl (C=O) groups is 8. The normalized spacial score (nSPS) is 11.4. The van der Waals surface area contributed by atoms with Crippen LogP contribution >= 0.6 is 0 Å². The lowest BCUT2D eigenvalue weighted by Crippen LogP contribution is -2.47. The van der Waals surface area contributed by atoms with E-state index in [4.69, 9.17) is 33.2 Å². The van der Waals surface area contributed by atoms with Crippen molar-refractivity contribution in [3.63, 3.8) is 0 Å². The summed E-state index contributed by atoms with van der Waals surface area (Å²) < 4.78 is 38.3. The summed E-state index contributed by atoms with van der Waals surface area (Å²) in [6.07, 6.45) is -1.97. The maximum atomic E-state index is 13.5. The fourth-order valence-electron chi connectivity index (χ4n) is 5.35. The van der Waals surface area contributed by atoms with Gasteiger partial charge < -0.3 is 43.8 Å². The van der Waals surface area contributed by atoms with Gasteiger partial charge in [-0.1, -0.05) is 63.7 Å². The van der Waals surface area contributed by atoms with Crippen LogP contribution in [0.3, 0.4) is 0 Å². The van der Waals surface area contributed by atoms with Crippen molar-refractivity contribution in [3.05, 3.63) is 108 Å². The van der Waals surface area contributed by atoms with Crippen LogP contribution in [0.1, 0.15) is 93.2 Å². The van der Waals surface area contributed by atoms with Gasteiger partial charge >= 0.3 is 42.0 Å². The molecule has 17 nitrogen and oxygen atoms in total. The van der Waals surface area contributed by atoms with Crippen molar-refractivity contribution >= 4 is 47.8 Å². The molecule has 362 valence electrons. The largest absolute Gasteiger partial charge is 0.461 e. The minimum Gasteiger partial charge on any atom is -0.461 e. The number of carbonyl (C=O) groups excluding carboxylic acids is 8. The van der Waals surface area contributed by atoms with Crippen LogP contribution in [0.4, 0.5) is 9.59 Å². The maximum Gasteiger partial charge on any atom is 0.407 e. The number of rotatable bonds is 27.